The van der Waals surface area contributed by atoms with Crippen molar-refractivity contribution < 1.29 is 9.47 Å². The third-order valence-corrected chi connectivity index (χ3v) is 2.80. The summed E-state index contributed by atoms with van der Waals surface area (Å²) in [5, 5.41) is 3.47. The Balaban J connectivity index is 2.81. The Morgan fingerprint density at radius 2 is 1.89 bits per heavy atom. The lowest BCUT2D eigenvalue weighted by atomic mass is 10.1. The van der Waals surface area contributed by atoms with Gasteiger partial charge in [-0.1, -0.05) is 32.0 Å². The van der Waals surface area contributed by atoms with E-state index in [0.717, 1.165) is 25.3 Å². The molecule has 1 N–H and O–H groups in total. The average Bonchev–Trinajstić information content (AvgIpc) is 2.41. The van der Waals surface area contributed by atoms with Gasteiger partial charge in [0.2, 0.25) is 0 Å². The van der Waals surface area contributed by atoms with Crippen LogP contribution in [0.5, 0.6) is 5.75 Å². The second-order valence-electron chi connectivity index (χ2n) is 4.88. The van der Waals surface area contributed by atoms with Crippen LogP contribution in [-0.2, 0) is 4.74 Å². The zero-order valence-electron chi connectivity index (χ0n) is 12.6. The minimum absolute atomic E-state index is 0.181. The van der Waals surface area contributed by atoms with Crippen LogP contribution in [0.4, 0.5) is 0 Å². The summed E-state index contributed by atoms with van der Waals surface area (Å²) >= 11 is 0. The SMILES string of the molecule is CCCOc1ccccc1C(COC(C)C)NCC. The van der Waals surface area contributed by atoms with Crippen molar-refractivity contribution in [1.29, 1.82) is 0 Å². The van der Waals surface area contributed by atoms with Gasteiger partial charge in [0.1, 0.15) is 5.75 Å². The maximum Gasteiger partial charge on any atom is 0.124 e. The number of hydrogen-bond acceptors (Lipinski definition) is 3. The standard InChI is InChI=1S/C16H27NO2/c1-5-11-18-16-10-8-7-9-14(16)15(17-6-2)12-19-13(3)4/h7-10,13,15,17H,5-6,11-12H2,1-4H3. The number of nitrogens with one attached hydrogen (secondary N) is 1. The smallest absolute Gasteiger partial charge is 0.124 e. The van der Waals surface area contributed by atoms with E-state index in [1.807, 2.05) is 18.2 Å². The Labute approximate surface area is 117 Å². The van der Waals surface area contributed by atoms with E-state index in [9.17, 15) is 0 Å². The van der Waals surface area contributed by atoms with Crippen LogP contribution in [-0.4, -0.2) is 25.9 Å². The van der Waals surface area contributed by atoms with Crippen molar-refractivity contribution >= 4 is 0 Å². The highest BCUT2D eigenvalue weighted by Crippen LogP contribution is 2.25. The van der Waals surface area contributed by atoms with Crippen LogP contribution in [0.15, 0.2) is 24.3 Å². The molecule has 0 amide bonds. The number of benzene rings is 1. The van der Waals surface area contributed by atoms with Gasteiger partial charge in [-0.25, -0.2) is 0 Å². The minimum atomic E-state index is 0.181. The largest absolute Gasteiger partial charge is 0.493 e. The summed E-state index contributed by atoms with van der Waals surface area (Å²) in [5.41, 5.74) is 1.18. The Bertz CT molecular complexity index is 352. The molecule has 0 saturated heterocycles. The summed E-state index contributed by atoms with van der Waals surface area (Å²) < 4.78 is 11.6. The Morgan fingerprint density at radius 3 is 2.53 bits per heavy atom. The molecule has 0 spiro atoms. The molecular weight excluding hydrogens is 238 g/mol. The Hall–Kier alpha value is -1.06. The molecule has 108 valence electrons. The first-order valence-corrected chi connectivity index (χ1v) is 7.25. The fraction of sp³-hybridized carbons (Fsp3) is 0.625. The topological polar surface area (TPSA) is 30.5 Å². The maximum atomic E-state index is 5.82. The number of hydrogen-bond donors (Lipinski definition) is 1. The highest BCUT2D eigenvalue weighted by Gasteiger charge is 2.15. The molecule has 3 heteroatoms. The number of ether oxygens (including phenoxy) is 2. The van der Waals surface area contributed by atoms with E-state index in [0.29, 0.717) is 6.61 Å². The number of para-hydroxylation sites is 1. The van der Waals surface area contributed by atoms with Gasteiger partial charge in [0.15, 0.2) is 0 Å². The summed E-state index contributed by atoms with van der Waals surface area (Å²) in [5.74, 6) is 0.961. The molecule has 0 saturated carbocycles. The fourth-order valence-electron chi connectivity index (χ4n) is 1.91. The van der Waals surface area contributed by atoms with Gasteiger partial charge in [-0.05, 0) is 32.9 Å². The molecule has 1 unspecified atom stereocenters. The van der Waals surface area contributed by atoms with Gasteiger partial charge in [-0.2, -0.15) is 0 Å². The zero-order chi connectivity index (χ0) is 14.1. The van der Waals surface area contributed by atoms with Gasteiger partial charge >= 0.3 is 0 Å². The summed E-state index contributed by atoms with van der Waals surface area (Å²) in [6, 6.07) is 8.39. The second-order valence-corrected chi connectivity index (χ2v) is 4.88. The third-order valence-electron chi connectivity index (χ3n) is 2.80. The quantitative estimate of drug-likeness (QED) is 0.740. The molecule has 0 heterocycles. The molecule has 3 nitrogen and oxygen atoms in total. The van der Waals surface area contributed by atoms with E-state index < -0.39 is 0 Å². The Morgan fingerprint density at radius 1 is 1.16 bits per heavy atom. The normalized spacial score (nSPS) is 12.7. The van der Waals surface area contributed by atoms with E-state index in [1.165, 1.54) is 5.56 Å². The number of rotatable bonds is 9. The summed E-state index contributed by atoms with van der Waals surface area (Å²) in [6.45, 7) is 10.7. The van der Waals surface area contributed by atoms with Crippen LogP contribution in [0.3, 0.4) is 0 Å². The summed E-state index contributed by atoms with van der Waals surface area (Å²) in [7, 11) is 0. The van der Waals surface area contributed by atoms with Crippen molar-refractivity contribution in [2.75, 3.05) is 19.8 Å². The molecule has 0 aliphatic rings. The molecule has 1 rings (SSSR count). The van der Waals surface area contributed by atoms with Crippen molar-refractivity contribution in [3.8, 4) is 5.75 Å². The molecule has 0 radical (unpaired) electrons. The first kappa shape index (κ1) is 16.0. The van der Waals surface area contributed by atoms with E-state index in [1.54, 1.807) is 0 Å². The van der Waals surface area contributed by atoms with E-state index in [-0.39, 0.29) is 12.1 Å². The van der Waals surface area contributed by atoms with Gasteiger partial charge in [-0.15, -0.1) is 0 Å². The summed E-state index contributed by atoms with van der Waals surface area (Å²) in [6.07, 6.45) is 1.26. The van der Waals surface area contributed by atoms with Crippen molar-refractivity contribution in [3.63, 3.8) is 0 Å². The minimum Gasteiger partial charge on any atom is -0.493 e. The van der Waals surface area contributed by atoms with Gasteiger partial charge in [0, 0.05) is 5.56 Å². The van der Waals surface area contributed by atoms with E-state index in [2.05, 4.69) is 39.1 Å². The lowest BCUT2D eigenvalue weighted by molar-refractivity contribution is 0.0608. The third kappa shape index (κ3) is 5.62. The van der Waals surface area contributed by atoms with Crippen LogP contribution in [0.25, 0.3) is 0 Å². The maximum absolute atomic E-state index is 5.82. The van der Waals surface area contributed by atoms with Gasteiger partial charge in [0.05, 0.1) is 25.4 Å². The molecule has 0 bridgehead atoms. The van der Waals surface area contributed by atoms with Crippen molar-refractivity contribution in [3.05, 3.63) is 29.8 Å². The lowest BCUT2D eigenvalue weighted by Gasteiger charge is -2.22. The highest BCUT2D eigenvalue weighted by atomic mass is 16.5. The van der Waals surface area contributed by atoms with Crippen molar-refractivity contribution in [1.82, 2.24) is 5.32 Å². The van der Waals surface area contributed by atoms with E-state index >= 15 is 0 Å². The monoisotopic (exact) mass is 265 g/mol. The predicted octanol–water partition coefficient (Wildman–Crippen LogP) is 3.55. The molecular formula is C16H27NO2. The van der Waals surface area contributed by atoms with Crippen LogP contribution in [0.2, 0.25) is 0 Å². The molecule has 0 aliphatic heterocycles. The molecule has 0 fully saturated rings. The lowest BCUT2D eigenvalue weighted by Crippen LogP contribution is -2.27. The molecule has 1 atom stereocenters. The fourth-order valence-corrected chi connectivity index (χ4v) is 1.91. The van der Waals surface area contributed by atoms with Gasteiger partial charge in [-0.3, -0.25) is 0 Å². The molecule has 0 aliphatic carbocycles. The van der Waals surface area contributed by atoms with Crippen molar-refractivity contribution in [2.45, 2.75) is 46.3 Å². The average molecular weight is 265 g/mol. The molecule has 1 aromatic rings. The number of likely N-dealkylation sites (N-methyl/N-ethyl adjacent to an activating group) is 1. The highest BCUT2D eigenvalue weighted by molar-refractivity contribution is 5.36. The van der Waals surface area contributed by atoms with Crippen LogP contribution in [0.1, 0.15) is 45.7 Å². The summed E-state index contributed by atoms with van der Waals surface area (Å²) in [4.78, 5) is 0. The predicted molar refractivity (Wildman–Crippen MR) is 79.7 cm³/mol. The second kappa shape index (κ2) is 8.94. The molecule has 19 heavy (non-hydrogen) atoms. The zero-order valence-corrected chi connectivity index (χ0v) is 12.6. The van der Waals surface area contributed by atoms with Crippen LogP contribution in [0, 0.1) is 0 Å². The molecule has 0 aromatic heterocycles. The first-order chi connectivity index (χ1) is 9.19. The van der Waals surface area contributed by atoms with Gasteiger partial charge < -0.3 is 14.8 Å². The van der Waals surface area contributed by atoms with Crippen LogP contribution < -0.4 is 10.1 Å². The van der Waals surface area contributed by atoms with Gasteiger partial charge in [0.25, 0.3) is 0 Å². The molecule has 1 aromatic carbocycles. The van der Waals surface area contributed by atoms with Crippen LogP contribution >= 0.6 is 0 Å². The van der Waals surface area contributed by atoms with E-state index in [4.69, 9.17) is 9.47 Å². The first-order valence-electron chi connectivity index (χ1n) is 7.25. The van der Waals surface area contributed by atoms with Crippen molar-refractivity contribution in [2.24, 2.45) is 0 Å². The Kier molecular flexibility index (Phi) is 7.53.